The fourth-order valence-corrected chi connectivity index (χ4v) is 4.93. The van der Waals surface area contributed by atoms with Gasteiger partial charge in [0.05, 0.1) is 22.8 Å². The van der Waals surface area contributed by atoms with E-state index in [-0.39, 0.29) is 36.8 Å². The van der Waals surface area contributed by atoms with Crippen LogP contribution in [-0.4, -0.2) is 48.1 Å². The highest BCUT2D eigenvalue weighted by molar-refractivity contribution is 6.30. The summed E-state index contributed by atoms with van der Waals surface area (Å²) in [7, 11) is 1.56. The molecule has 10 nitrogen and oxygen atoms in total. The molecule has 0 spiro atoms. The Morgan fingerprint density at radius 3 is 2.62 bits per heavy atom. The van der Waals surface area contributed by atoms with Crippen molar-refractivity contribution in [1.29, 1.82) is 0 Å². The first-order chi connectivity index (χ1) is 20.4. The van der Waals surface area contributed by atoms with Crippen LogP contribution in [0.1, 0.15) is 17.0 Å². The number of nitrogens with two attached hydrogens (primary N) is 1. The molecular formula is C31H24ClN7O3. The summed E-state index contributed by atoms with van der Waals surface area (Å²) in [5.41, 5.74) is 9.58. The van der Waals surface area contributed by atoms with E-state index in [1.165, 1.54) is 6.33 Å². The van der Waals surface area contributed by atoms with Crippen LogP contribution in [0.2, 0.25) is 5.02 Å². The van der Waals surface area contributed by atoms with Gasteiger partial charge in [-0.2, -0.15) is 5.10 Å². The minimum Gasteiger partial charge on any atom is -0.508 e. The van der Waals surface area contributed by atoms with Crippen molar-refractivity contribution >= 4 is 39.4 Å². The van der Waals surface area contributed by atoms with Gasteiger partial charge in [0.25, 0.3) is 5.56 Å². The Morgan fingerprint density at radius 1 is 1.02 bits per heavy atom. The van der Waals surface area contributed by atoms with E-state index in [9.17, 15) is 9.90 Å². The van der Waals surface area contributed by atoms with Gasteiger partial charge in [0.2, 0.25) is 0 Å². The normalized spacial score (nSPS) is 11.1. The molecule has 3 aromatic heterocycles. The number of methoxy groups -OCH3 is 1. The first kappa shape index (κ1) is 27.0. The molecule has 0 saturated heterocycles. The molecule has 11 heteroatoms. The molecule has 3 N–H and O–H groups in total. The van der Waals surface area contributed by atoms with Gasteiger partial charge >= 0.3 is 0 Å². The van der Waals surface area contributed by atoms with E-state index >= 15 is 0 Å². The summed E-state index contributed by atoms with van der Waals surface area (Å²) in [6.07, 6.45) is 1.36. The maximum Gasteiger partial charge on any atom is 0.263 e. The molecule has 3 heterocycles. The van der Waals surface area contributed by atoms with Crippen LogP contribution < -0.4 is 11.3 Å². The zero-order valence-corrected chi connectivity index (χ0v) is 23.2. The number of nitrogen functional groups attached to an aromatic ring is 1. The van der Waals surface area contributed by atoms with Gasteiger partial charge in [0.15, 0.2) is 5.65 Å². The number of fused-ring (bicyclic) bond motifs is 2. The van der Waals surface area contributed by atoms with Crippen molar-refractivity contribution in [2.75, 3.05) is 19.5 Å². The molecule has 6 rings (SSSR count). The molecule has 0 amide bonds. The number of hydrogen-bond acceptors (Lipinski definition) is 8. The lowest BCUT2D eigenvalue weighted by atomic mass is 10.1. The Hall–Kier alpha value is -5.24. The number of aromatic hydroxyl groups is 1. The molecule has 6 aromatic rings. The molecule has 0 aliphatic carbocycles. The second kappa shape index (κ2) is 11.3. The van der Waals surface area contributed by atoms with Gasteiger partial charge in [-0.15, -0.1) is 0 Å². The fourth-order valence-electron chi connectivity index (χ4n) is 4.80. The average molecular weight is 578 g/mol. The molecular weight excluding hydrogens is 554 g/mol. The monoisotopic (exact) mass is 577 g/mol. The molecule has 3 aromatic carbocycles. The van der Waals surface area contributed by atoms with E-state index in [0.29, 0.717) is 49.6 Å². The van der Waals surface area contributed by atoms with Crippen LogP contribution in [0, 0.1) is 11.8 Å². The van der Waals surface area contributed by atoms with Crippen molar-refractivity contribution in [2.24, 2.45) is 0 Å². The van der Waals surface area contributed by atoms with Crippen molar-refractivity contribution in [2.45, 2.75) is 13.1 Å². The lowest BCUT2D eigenvalue weighted by Gasteiger charge is -2.15. The summed E-state index contributed by atoms with van der Waals surface area (Å²) >= 11 is 6.12. The Balaban J connectivity index is 1.55. The molecule has 0 aliphatic rings. The Kier molecular flexibility index (Phi) is 7.27. The summed E-state index contributed by atoms with van der Waals surface area (Å²) in [5.74, 6) is 6.75. The number of phenolic OH excluding ortho intramolecular Hbond substituents is 1. The number of rotatable bonds is 6. The number of halogens is 1. The van der Waals surface area contributed by atoms with Crippen molar-refractivity contribution in [3.8, 4) is 28.8 Å². The molecule has 0 atom stereocenters. The van der Waals surface area contributed by atoms with Crippen molar-refractivity contribution in [3.05, 3.63) is 105 Å². The van der Waals surface area contributed by atoms with Gasteiger partial charge in [0.1, 0.15) is 42.6 Å². The summed E-state index contributed by atoms with van der Waals surface area (Å²) in [4.78, 5) is 27.7. The number of hydrogen-bond donors (Lipinski definition) is 2. The molecule has 0 bridgehead atoms. The van der Waals surface area contributed by atoms with Crippen molar-refractivity contribution in [3.63, 3.8) is 0 Å². The second-order valence-corrected chi connectivity index (χ2v) is 9.93. The molecule has 0 unspecified atom stereocenters. The summed E-state index contributed by atoms with van der Waals surface area (Å²) in [6, 6.07) is 19.4. The highest BCUT2D eigenvalue weighted by Gasteiger charge is 2.20. The smallest absolute Gasteiger partial charge is 0.263 e. The van der Waals surface area contributed by atoms with Crippen LogP contribution in [0.3, 0.4) is 0 Å². The Morgan fingerprint density at radius 2 is 1.83 bits per heavy atom. The lowest BCUT2D eigenvalue weighted by Crippen LogP contribution is -2.28. The summed E-state index contributed by atoms with van der Waals surface area (Å²) < 4.78 is 8.31. The first-order valence-electron chi connectivity index (χ1n) is 12.9. The third-order valence-electron chi connectivity index (χ3n) is 6.73. The van der Waals surface area contributed by atoms with Gasteiger partial charge in [-0.05, 0) is 42.0 Å². The van der Waals surface area contributed by atoms with E-state index in [1.807, 2.05) is 24.3 Å². The van der Waals surface area contributed by atoms with Crippen LogP contribution in [0.4, 0.5) is 5.82 Å². The van der Waals surface area contributed by atoms with Gasteiger partial charge in [-0.25, -0.2) is 19.6 Å². The van der Waals surface area contributed by atoms with E-state index in [0.717, 1.165) is 5.56 Å². The maximum absolute atomic E-state index is 14.1. The minimum atomic E-state index is -0.244. The zero-order valence-electron chi connectivity index (χ0n) is 22.5. The zero-order chi connectivity index (χ0) is 29.2. The number of aromatic nitrogens is 6. The van der Waals surface area contributed by atoms with Gasteiger partial charge in [-0.1, -0.05) is 53.8 Å². The fraction of sp³-hybridized carbons (Fsp3) is 0.129. The largest absolute Gasteiger partial charge is 0.508 e. The van der Waals surface area contributed by atoms with Crippen LogP contribution in [0.15, 0.2) is 77.9 Å². The van der Waals surface area contributed by atoms with E-state index in [4.69, 9.17) is 32.2 Å². The molecule has 0 saturated carbocycles. The SMILES string of the molecule is COCC#Cc1cccc2nc(Cn3nc(-c4cccc(O)c4)c4c(N)ncnc43)n(Cc3ccc(Cl)cc3)c(=O)c12. The van der Waals surface area contributed by atoms with Gasteiger partial charge < -0.3 is 15.6 Å². The lowest BCUT2D eigenvalue weighted by molar-refractivity contribution is 0.240. The standard InChI is InChI=1S/C31H24ClN7O3/c1-42-14-4-7-20-5-3-9-24-26(20)31(41)38(16-19-10-12-22(32)13-11-19)25(36-24)17-39-30-27(29(33)34-18-35-30)28(37-39)21-6-2-8-23(40)15-21/h2-3,5-6,8-13,15,18,40H,14,16-17H2,1H3,(H2,33,34,35). The first-order valence-corrected chi connectivity index (χ1v) is 13.3. The van der Waals surface area contributed by atoms with E-state index < -0.39 is 0 Å². The third kappa shape index (κ3) is 5.14. The summed E-state index contributed by atoms with van der Waals surface area (Å²) in [6.45, 7) is 0.577. The number of phenols is 1. The predicted octanol–water partition coefficient (Wildman–Crippen LogP) is 4.24. The second-order valence-electron chi connectivity index (χ2n) is 9.49. The van der Waals surface area contributed by atoms with Gasteiger partial charge in [0, 0.05) is 23.3 Å². The van der Waals surface area contributed by atoms with Crippen LogP contribution in [0.25, 0.3) is 33.2 Å². The predicted molar refractivity (Wildman–Crippen MR) is 161 cm³/mol. The number of benzene rings is 3. The minimum absolute atomic E-state index is 0.0861. The highest BCUT2D eigenvalue weighted by atomic mass is 35.5. The van der Waals surface area contributed by atoms with E-state index in [1.54, 1.807) is 58.8 Å². The van der Waals surface area contributed by atoms with Crippen molar-refractivity contribution < 1.29 is 9.84 Å². The highest BCUT2D eigenvalue weighted by Crippen LogP contribution is 2.32. The quantitative estimate of drug-likeness (QED) is 0.281. The molecule has 0 fully saturated rings. The Bertz CT molecular complexity index is 2080. The van der Waals surface area contributed by atoms with Crippen molar-refractivity contribution in [1.82, 2.24) is 29.3 Å². The molecule has 208 valence electrons. The van der Waals surface area contributed by atoms with E-state index in [2.05, 4.69) is 21.8 Å². The van der Waals surface area contributed by atoms with Crippen LogP contribution >= 0.6 is 11.6 Å². The Labute approximate surface area is 245 Å². The number of nitrogens with zero attached hydrogens (tertiary/aromatic N) is 6. The molecule has 0 radical (unpaired) electrons. The van der Waals surface area contributed by atoms with Gasteiger partial charge in [-0.3, -0.25) is 9.36 Å². The van der Waals surface area contributed by atoms with Crippen LogP contribution in [0.5, 0.6) is 5.75 Å². The third-order valence-corrected chi connectivity index (χ3v) is 6.98. The molecule has 42 heavy (non-hydrogen) atoms. The number of anilines is 1. The number of ether oxygens (including phenoxy) is 1. The average Bonchev–Trinajstić information content (AvgIpc) is 3.35. The van der Waals surface area contributed by atoms with Crippen LogP contribution in [-0.2, 0) is 17.8 Å². The summed E-state index contributed by atoms with van der Waals surface area (Å²) in [5, 5.41) is 16.5. The maximum atomic E-state index is 14.1. The topological polar surface area (TPSA) is 134 Å². The molecule has 0 aliphatic heterocycles.